The van der Waals surface area contributed by atoms with Gasteiger partial charge in [-0.3, -0.25) is 0 Å². The fraction of sp³-hybridized carbons (Fsp3) is 0.125. The van der Waals surface area contributed by atoms with Crippen LogP contribution < -0.4 is 5.32 Å². The second-order valence-electron chi connectivity index (χ2n) is 2.33. The maximum atomic E-state index is 4.73. The molecule has 1 aromatic heterocycles. The van der Waals surface area contributed by atoms with Crippen LogP contribution in [0.2, 0.25) is 0 Å². The molecule has 0 atom stereocenters. The third kappa shape index (κ3) is 1.17. The summed E-state index contributed by atoms with van der Waals surface area (Å²) >= 11 is 0. The van der Waals surface area contributed by atoms with Crippen molar-refractivity contribution in [2.75, 3.05) is 0 Å². The van der Waals surface area contributed by atoms with Crippen LogP contribution in [0.4, 0.5) is 0 Å². The molecule has 1 N–H and O–H groups in total. The Balaban J connectivity index is 2.23. The molecule has 1 aliphatic heterocycles. The van der Waals surface area contributed by atoms with Gasteiger partial charge in [0, 0.05) is 12.0 Å². The number of hydrogen-bond acceptors (Lipinski definition) is 3. The van der Waals surface area contributed by atoms with Gasteiger partial charge in [-0.1, -0.05) is 17.3 Å². The Bertz CT molecular complexity index is 262. The molecule has 0 bridgehead atoms. The molecule has 56 valence electrons. The summed E-state index contributed by atoms with van der Waals surface area (Å²) in [5.41, 5.74) is 0.944. The minimum Gasteiger partial charge on any atom is -0.368 e. The summed E-state index contributed by atoms with van der Waals surface area (Å²) in [5.74, 6) is 0.259. The van der Waals surface area contributed by atoms with E-state index in [0.29, 0.717) is 0 Å². The van der Waals surface area contributed by atoms with E-state index in [-0.39, 0.29) is 5.92 Å². The van der Waals surface area contributed by atoms with Crippen molar-refractivity contribution < 1.29 is 4.52 Å². The summed E-state index contributed by atoms with van der Waals surface area (Å²) in [7, 11) is 0. The highest BCUT2D eigenvalue weighted by Gasteiger charge is 2.08. The molecule has 2 rings (SSSR count). The van der Waals surface area contributed by atoms with Crippen LogP contribution in [0.1, 0.15) is 11.6 Å². The molecule has 3 heteroatoms. The number of dihydropyridines is 1. The average molecular weight is 148 g/mol. The van der Waals surface area contributed by atoms with E-state index in [0.717, 1.165) is 5.69 Å². The quantitative estimate of drug-likeness (QED) is 0.654. The van der Waals surface area contributed by atoms with Crippen molar-refractivity contribution in [1.29, 1.82) is 0 Å². The van der Waals surface area contributed by atoms with E-state index in [9.17, 15) is 0 Å². The first kappa shape index (κ1) is 6.22. The van der Waals surface area contributed by atoms with Gasteiger partial charge in [0.25, 0.3) is 0 Å². The molecule has 0 fully saturated rings. The van der Waals surface area contributed by atoms with Crippen LogP contribution in [0, 0.1) is 0 Å². The number of aromatic nitrogens is 1. The lowest BCUT2D eigenvalue weighted by Gasteiger charge is -2.06. The summed E-state index contributed by atoms with van der Waals surface area (Å²) in [5, 5.41) is 6.79. The Morgan fingerprint density at radius 3 is 2.82 bits per heavy atom. The van der Waals surface area contributed by atoms with E-state index in [4.69, 9.17) is 4.52 Å². The van der Waals surface area contributed by atoms with Gasteiger partial charge in [-0.2, -0.15) is 0 Å². The predicted octanol–water partition coefficient (Wildman–Crippen LogP) is 1.39. The summed E-state index contributed by atoms with van der Waals surface area (Å²) < 4.78 is 4.73. The minimum atomic E-state index is 0.259. The highest BCUT2D eigenvalue weighted by atomic mass is 16.5. The fourth-order valence-corrected chi connectivity index (χ4v) is 1.03. The highest BCUT2D eigenvalue weighted by molar-refractivity contribution is 5.22. The molecule has 0 radical (unpaired) electrons. The Kier molecular flexibility index (Phi) is 1.48. The summed E-state index contributed by atoms with van der Waals surface area (Å²) in [6, 6.07) is 1.87. The Hall–Kier alpha value is -1.51. The topological polar surface area (TPSA) is 38.1 Å². The molecule has 0 spiro atoms. The first-order chi connectivity index (χ1) is 5.47. The third-order valence-electron chi connectivity index (χ3n) is 1.60. The van der Waals surface area contributed by atoms with Gasteiger partial charge in [-0.25, -0.2) is 0 Å². The van der Waals surface area contributed by atoms with Crippen molar-refractivity contribution in [1.82, 2.24) is 10.5 Å². The zero-order valence-corrected chi connectivity index (χ0v) is 5.90. The fourth-order valence-electron chi connectivity index (χ4n) is 1.03. The van der Waals surface area contributed by atoms with E-state index < -0.39 is 0 Å². The number of rotatable bonds is 1. The Morgan fingerprint density at radius 2 is 2.18 bits per heavy atom. The van der Waals surface area contributed by atoms with Crippen LogP contribution in [0.5, 0.6) is 0 Å². The molecule has 3 nitrogen and oxygen atoms in total. The van der Waals surface area contributed by atoms with Crippen molar-refractivity contribution in [2.24, 2.45) is 0 Å². The summed E-state index contributed by atoms with van der Waals surface area (Å²) in [6.07, 6.45) is 9.41. The molecule has 0 aromatic carbocycles. The minimum absolute atomic E-state index is 0.259. The number of nitrogens with one attached hydrogen (secondary N) is 1. The molecular formula is C8H8N2O. The second-order valence-corrected chi connectivity index (χ2v) is 2.33. The number of hydrogen-bond donors (Lipinski definition) is 1. The molecule has 0 saturated carbocycles. The Labute approximate surface area is 64.4 Å². The van der Waals surface area contributed by atoms with Crippen LogP contribution in [-0.2, 0) is 0 Å². The molecular weight excluding hydrogens is 140 g/mol. The van der Waals surface area contributed by atoms with Crippen LogP contribution in [-0.4, -0.2) is 5.16 Å². The van der Waals surface area contributed by atoms with E-state index in [1.54, 1.807) is 6.26 Å². The third-order valence-corrected chi connectivity index (χ3v) is 1.60. The Morgan fingerprint density at radius 1 is 1.36 bits per heavy atom. The summed E-state index contributed by atoms with van der Waals surface area (Å²) in [6.45, 7) is 0. The van der Waals surface area contributed by atoms with E-state index in [1.165, 1.54) is 0 Å². The molecule has 0 saturated heterocycles. The summed E-state index contributed by atoms with van der Waals surface area (Å²) in [4.78, 5) is 0. The van der Waals surface area contributed by atoms with E-state index in [1.807, 2.05) is 30.6 Å². The average Bonchev–Trinajstić information content (AvgIpc) is 2.58. The smallest absolute Gasteiger partial charge is 0.124 e. The number of nitrogens with zero attached hydrogens (tertiary/aromatic N) is 1. The zero-order chi connectivity index (χ0) is 7.52. The molecule has 2 heterocycles. The molecule has 11 heavy (non-hydrogen) atoms. The standard InChI is InChI=1S/C8H8N2O/c1-4-9-5-2-7(1)8-3-6-11-10-8/h1-7,9H. The van der Waals surface area contributed by atoms with Gasteiger partial charge >= 0.3 is 0 Å². The van der Waals surface area contributed by atoms with Crippen LogP contribution in [0.15, 0.2) is 41.4 Å². The lowest BCUT2D eigenvalue weighted by molar-refractivity contribution is 0.411. The van der Waals surface area contributed by atoms with Gasteiger partial charge < -0.3 is 9.84 Å². The SMILES string of the molecule is C1=CC(c2ccon2)C=CN1. The first-order valence-electron chi connectivity index (χ1n) is 3.46. The van der Waals surface area contributed by atoms with Gasteiger partial charge in [0.15, 0.2) is 0 Å². The van der Waals surface area contributed by atoms with Gasteiger partial charge in [0.2, 0.25) is 0 Å². The zero-order valence-electron chi connectivity index (χ0n) is 5.90. The maximum Gasteiger partial charge on any atom is 0.124 e. The van der Waals surface area contributed by atoms with E-state index in [2.05, 4.69) is 10.5 Å². The lowest BCUT2D eigenvalue weighted by atomic mass is 10.1. The highest BCUT2D eigenvalue weighted by Crippen LogP contribution is 2.17. The van der Waals surface area contributed by atoms with Crippen molar-refractivity contribution in [3.63, 3.8) is 0 Å². The van der Waals surface area contributed by atoms with Crippen molar-refractivity contribution in [2.45, 2.75) is 5.92 Å². The van der Waals surface area contributed by atoms with Gasteiger partial charge in [-0.05, 0) is 12.4 Å². The maximum absolute atomic E-state index is 4.73. The largest absolute Gasteiger partial charge is 0.368 e. The molecule has 1 aromatic rings. The van der Waals surface area contributed by atoms with Crippen LogP contribution in [0.25, 0.3) is 0 Å². The molecule has 1 aliphatic rings. The monoisotopic (exact) mass is 148 g/mol. The molecule has 0 amide bonds. The van der Waals surface area contributed by atoms with Crippen molar-refractivity contribution in [3.8, 4) is 0 Å². The molecule has 0 unspecified atom stereocenters. The predicted molar refractivity (Wildman–Crippen MR) is 40.7 cm³/mol. The van der Waals surface area contributed by atoms with Gasteiger partial charge in [0.05, 0.1) is 5.69 Å². The second kappa shape index (κ2) is 2.62. The van der Waals surface area contributed by atoms with Crippen molar-refractivity contribution >= 4 is 0 Å². The normalized spacial score (nSPS) is 16.7. The van der Waals surface area contributed by atoms with E-state index >= 15 is 0 Å². The lowest BCUT2D eigenvalue weighted by Crippen LogP contribution is -2.02. The molecule has 0 aliphatic carbocycles. The number of allylic oxidation sites excluding steroid dienone is 2. The van der Waals surface area contributed by atoms with Gasteiger partial charge in [-0.15, -0.1) is 0 Å². The van der Waals surface area contributed by atoms with Crippen LogP contribution in [0.3, 0.4) is 0 Å². The van der Waals surface area contributed by atoms with Gasteiger partial charge in [0.1, 0.15) is 6.26 Å². The van der Waals surface area contributed by atoms with Crippen LogP contribution >= 0.6 is 0 Å². The first-order valence-corrected chi connectivity index (χ1v) is 3.46. The van der Waals surface area contributed by atoms with Crippen molar-refractivity contribution in [3.05, 3.63) is 42.6 Å².